The maximum atomic E-state index is 11.9. The molecule has 0 aliphatic carbocycles. The Morgan fingerprint density at radius 2 is 1.79 bits per heavy atom. The molecule has 0 atom stereocenters. The van der Waals surface area contributed by atoms with Crippen LogP contribution in [0.5, 0.6) is 0 Å². The van der Waals surface area contributed by atoms with Crippen molar-refractivity contribution in [3.8, 4) is 0 Å². The lowest BCUT2D eigenvalue weighted by molar-refractivity contribution is 0.00578. The number of aromatic nitrogens is 1. The van der Waals surface area contributed by atoms with Crippen molar-refractivity contribution in [2.45, 2.75) is 65.3 Å². The molecule has 8 heteroatoms. The Kier molecular flexibility index (Phi) is 4.92. The van der Waals surface area contributed by atoms with E-state index in [0.717, 1.165) is 0 Å². The van der Waals surface area contributed by atoms with Crippen LogP contribution in [0.15, 0.2) is 12.3 Å². The molecule has 1 aliphatic heterocycles. The van der Waals surface area contributed by atoms with Crippen LogP contribution in [0.1, 0.15) is 48.5 Å². The molecule has 0 aromatic carbocycles. The monoisotopic (exact) mass is 354 g/mol. The van der Waals surface area contributed by atoms with Crippen molar-refractivity contribution in [1.82, 2.24) is 4.98 Å². The molecule has 0 spiro atoms. The number of ether oxygens (including phenoxy) is 1. The highest BCUT2D eigenvalue weighted by molar-refractivity contribution is 6.65. The molecule has 24 heavy (non-hydrogen) atoms. The van der Waals surface area contributed by atoms with E-state index in [1.165, 1.54) is 6.20 Å². The first-order valence-electron chi connectivity index (χ1n) is 7.82. The number of carbonyl (C=O) groups is 1. The third-order valence-electron chi connectivity index (χ3n) is 4.02. The molecule has 0 bridgehead atoms. The zero-order valence-electron chi connectivity index (χ0n) is 15.2. The lowest BCUT2D eigenvalue weighted by Gasteiger charge is -2.32. The van der Waals surface area contributed by atoms with Crippen molar-refractivity contribution in [2.75, 3.05) is 5.32 Å². The first-order valence-corrected chi connectivity index (χ1v) is 8.20. The highest BCUT2D eigenvalue weighted by Crippen LogP contribution is 2.37. The molecule has 1 amide bonds. The predicted molar refractivity (Wildman–Crippen MR) is 94.8 cm³/mol. The minimum absolute atomic E-state index is 0.267. The second-order valence-electron chi connectivity index (χ2n) is 7.82. The van der Waals surface area contributed by atoms with Crippen LogP contribution in [0, 0.1) is 0 Å². The summed E-state index contributed by atoms with van der Waals surface area (Å²) in [7, 11) is -0.657. The number of hydrogen-bond acceptors (Lipinski definition) is 5. The van der Waals surface area contributed by atoms with E-state index >= 15 is 0 Å². The number of anilines is 1. The number of nitrogens with zero attached hydrogens (tertiary/aromatic N) is 1. The van der Waals surface area contributed by atoms with E-state index in [1.807, 2.05) is 27.7 Å². The fourth-order valence-corrected chi connectivity index (χ4v) is 2.28. The third-order valence-corrected chi connectivity index (χ3v) is 4.33. The SMILES string of the molecule is CC(C)(C)OC(=O)Nc1cnc(Cl)c(B2OC(C)(C)C(C)(C)O2)c1. The molecule has 0 unspecified atom stereocenters. The Bertz CT molecular complexity index is 627. The highest BCUT2D eigenvalue weighted by atomic mass is 35.5. The molecule has 0 radical (unpaired) electrons. The molecule has 1 aliphatic rings. The number of pyridine rings is 1. The van der Waals surface area contributed by atoms with Crippen LogP contribution in [-0.2, 0) is 14.0 Å². The Hall–Kier alpha value is -1.31. The number of rotatable bonds is 2. The van der Waals surface area contributed by atoms with Gasteiger partial charge < -0.3 is 14.0 Å². The van der Waals surface area contributed by atoms with Crippen LogP contribution < -0.4 is 10.8 Å². The minimum atomic E-state index is -0.657. The Morgan fingerprint density at radius 3 is 2.29 bits per heavy atom. The van der Waals surface area contributed by atoms with Gasteiger partial charge in [-0.2, -0.15) is 0 Å². The molecular formula is C16H24BClN2O4. The van der Waals surface area contributed by atoms with Crippen molar-refractivity contribution in [2.24, 2.45) is 0 Å². The van der Waals surface area contributed by atoms with Crippen molar-refractivity contribution in [1.29, 1.82) is 0 Å². The van der Waals surface area contributed by atoms with Gasteiger partial charge in [0, 0.05) is 5.46 Å². The van der Waals surface area contributed by atoms with Gasteiger partial charge in [0.05, 0.1) is 23.1 Å². The summed E-state index contributed by atoms with van der Waals surface area (Å²) in [6.07, 6.45) is 0.896. The quantitative estimate of drug-likeness (QED) is 0.651. The van der Waals surface area contributed by atoms with Crippen molar-refractivity contribution in [3.63, 3.8) is 0 Å². The fourth-order valence-electron chi connectivity index (χ4n) is 2.09. The van der Waals surface area contributed by atoms with Crippen LogP contribution in [0.4, 0.5) is 10.5 Å². The van der Waals surface area contributed by atoms with E-state index in [1.54, 1.807) is 26.8 Å². The number of amides is 1. The highest BCUT2D eigenvalue weighted by Gasteiger charge is 2.52. The molecule has 1 fully saturated rings. The van der Waals surface area contributed by atoms with Gasteiger partial charge in [-0.25, -0.2) is 9.78 Å². The van der Waals surface area contributed by atoms with Crippen LogP contribution >= 0.6 is 11.6 Å². The molecule has 1 aromatic rings. The summed E-state index contributed by atoms with van der Waals surface area (Å²) in [6.45, 7) is 13.2. The van der Waals surface area contributed by atoms with Gasteiger partial charge in [-0.1, -0.05) is 11.6 Å². The van der Waals surface area contributed by atoms with Gasteiger partial charge in [0.25, 0.3) is 0 Å². The van der Waals surface area contributed by atoms with Gasteiger partial charge in [-0.3, -0.25) is 5.32 Å². The lowest BCUT2D eigenvalue weighted by atomic mass is 9.80. The van der Waals surface area contributed by atoms with Crippen molar-refractivity contribution >= 4 is 36.0 Å². The Balaban J connectivity index is 2.20. The van der Waals surface area contributed by atoms with Gasteiger partial charge in [0.15, 0.2) is 0 Å². The van der Waals surface area contributed by atoms with Crippen LogP contribution in [0.2, 0.25) is 5.15 Å². The summed E-state index contributed by atoms with van der Waals surface area (Å²) in [5, 5.41) is 2.90. The van der Waals surface area contributed by atoms with E-state index in [9.17, 15) is 4.79 Å². The number of nitrogens with one attached hydrogen (secondary N) is 1. The summed E-state index contributed by atoms with van der Waals surface area (Å²) in [5.74, 6) is 0. The fraction of sp³-hybridized carbons (Fsp3) is 0.625. The second-order valence-corrected chi connectivity index (χ2v) is 8.18. The maximum absolute atomic E-state index is 11.9. The number of hydrogen-bond donors (Lipinski definition) is 1. The zero-order valence-corrected chi connectivity index (χ0v) is 15.9. The molecule has 1 aromatic heterocycles. The first-order chi connectivity index (χ1) is 10.8. The molecule has 132 valence electrons. The van der Waals surface area contributed by atoms with Gasteiger partial charge in [-0.05, 0) is 54.5 Å². The van der Waals surface area contributed by atoms with Gasteiger partial charge in [0.2, 0.25) is 0 Å². The summed E-state index contributed by atoms with van der Waals surface area (Å²) >= 11 is 6.19. The predicted octanol–water partition coefficient (Wildman–Crippen LogP) is 3.38. The van der Waals surface area contributed by atoms with Gasteiger partial charge >= 0.3 is 13.2 Å². The van der Waals surface area contributed by atoms with Crippen LogP contribution in [-0.4, -0.2) is 35.0 Å². The smallest absolute Gasteiger partial charge is 0.444 e. The second kappa shape index (κ2) is 6.21. The normalized spacial score (nSPS) is 19.2. The van der Waals surface area contributed by atoms with Crippen LogP contribution in [0.25, 0.3) is 0 Å². The van der Waals surface area contributed by atoms with Gasteiger partial charge in [-0.15, -0.1) is 0 Å². The maximum Gasteiger partial charge on any atom is 0.498 e. The standard InChI is InChI=1S/C16H24BClN2O4/c1-14(2,3)22-13(21)20-10-8-11(12(18)19-9-10)17-23-15(4,5)16(6,7)24-17/h8-9H,1-7H3,(H,20,21). The van der Waals surface area contributed by atoms with E-state index in [-0.39, 0.29) is 5.15 Å². The summed E-state index contributed by atoms with van der Waals surface area (Å²) < 4.78 is 17.2. The van der Waals surface area contributed by atoms with E-state index in [4.69, 9.17) is 25.6 Å². The van der Waals surface area contributed by atoms with E-state index in [2.05, 4.69) is 10.3 Å². The summed E-state index contributed by atoms with van der Waals surface area (Å²) in [4.78, 5) is 16.0. The summed E-state index contributed by atoms with van der Waals surface area (Å²) in [5.41, 5.74) is -0.550. The molecule has 0 saturated carbocycles. The Morgan fingerprint density at radius 1 is 1.25 bits per heavy atom. The first kappa shape index (κ1) is 19.0. The average Bonchev–Trinajstić information content (AvgIpc) is 2.58. The van der Waals surface area contributed by atoms with Crippen LogP contribution in [0.3, 0.4) is 0 Å². The largest absolute Gasteiger partial charge is 0.498 e. The van der Waals surface area contributed by atoms with E-state index in [0.29, 0.717) is 11.2 Å². The lowest BCUT2D eigenvalue weighted by Crippen LogP contribution is -2.41. The zero-order chi connectivity index (χ0) is 18.3. The van der Waals surface area contributed by atoms with Gasteiger partial charge in [0.1, 0.15) is 10.8 Å². The average molecular weight is 355 g/mol. The topological polar surface area (TPSA) is 69.7 Å². The Labute approximate surface area is 148 Å². The number of carbonyl (C=O) groups excluding carboxylic acids is 1. The molecule has 2 heterocycles. The molecule has 6 nitrogen and oxygen atoms in total. The molecule has 1 saturated heterocycles. The van der Waals surface area contributed by atoms with Crippen molar-refractivity contribution in [3.05, 3.63) is 17.4 Å². The van der Waals surface area contributed by atoms with Crippen molar-refractivity contribution < 1.29 is 18.8 Å². The third kappa shape index (κ3) is 4.20. The molecular weight excluding hydrogens is 330 g/mol. The molecule has 2 rings (SSSR count). The minimum Gasteiger partial charge on any atom is -0.444 e. The van der Waals surface area contributed by atoms with E-state index < -0.39 is 30.0 Å². The summed E-state index contributed by atoms with van der Waals surface area (Å²) in [6, 6.07) is 1.68. The number of halogens is 1. The molecule has 1 N–H and O–H groups in total.